The molecular weight excluding hydrogens is 378 g/mol. The summed E-state index contributed by atoms with van der Waals surface area (Å²) >= 11 is 6.63. The Bertz CT molecular complexity index is 602. The van der Waals surface area contributed by atoms with Gasteiger partial charge in [-0.1, -0.05) is 28.1 Å². The molecule has 19 heavy (non-hydrogen) atoms. The number of nitrogens with one attached hydrogen (secondary N) is 1. The second kappa shape index (κ2) is 6.12. The van der Waals surface area contributed by atoms with E-state index in [1.54, 1.807) is 0 Å². The first-order valence-electron chi connectivity index (χ1n) is 5.34. The fourth-order valence-corrected chi connectivity index (χ4v) is 2.19. The van der Waals surface area contributed by atoms with Crippen LogP contribution in [-0.2, 0) is 6.54 Å². The molecule has 0 aliphatic carbocycles. The number of hydrogen-bond acceptors (Lipinski definition) is 4. The Morgan fingerprint density at radius 2 is 1.95 bits per heavy atom. The summed E-state index contributed by atoms with van der Waals surface area (Å²) < 4.78 is 1.59. The maximum atomic E-state index is 10.6. The summed E-state index contributed by atoms with van der Waals surface area (Å²) in [5, 5.41) is 13.7. The van der Waals surface area contributed by atoms with Crippen molar-refractivity contribution in [3.05, 3.63) is 61.2 Å². The van der Waals surface area contributed by atoms with Gasteiger partial charge in [0.2, 0.25) is 0 Å². The predicted octanol–water partition coefficient (Wildman–Crippen LogP) is 4.13. The molecule has 0 unspecified atom stereocenters. The maximum Gasteiger partial charge on any atom is 0.288 e. The van der Waals surface area contributed by atoms with Crippen LogP contribution in [0, 0.1) is 10.1 Å². The molecule has 0 amide bonds. The molecule has 0 bridgehead atoms. The molecule has 7 heteroatoms. The SMILES string of the molecule is O=[N+]([O-])c1cnc(NCc2ccc(Br)cc2)c(Br)c1. The van der Waals surface area contributed by atoms with Gasteiger partial charge in [-0.3, -0.25) is 10.1 Å². The summed E-state index contributed by atoms with van der Waals surface area (Å²) in [4.78, 5) is 14.1. The fraction of sp³-hybridized carbons (Fsp3) is 0.0833. The molecule has 1 aromatic heterocycles. The van der Waals surface area contributed by atoms with Crippen molar-refractivity contribution in [1.82, 2.24) is 4.98 Å². The van der Waals surface area contributed by atoms with Gasteiger partial charge in [-0.05, 0) is 33.6 Å². The standard InChI is InChI=1S/C12H9Br2N3O2/c13-9-3-1-8(2-4-9)6-15-12-11(14)5-10(7-16-12)17(18)19/h1-5,7H,6H2,(H,15,16). The topological polar surface area (TPSA) is 68.1 Å². The van der Waals surface area contributed by atoms with E-state index >= 15 is 0 Å². The number of rotatable bonds is 4. The highest BCUT2D eigenvalue weighted by atomic mass is 79.9. The number of pyridine rings is 1. The van der Waals surface area contributed by atoms with Gasteiger partial charge in [0.05, 0.1) is 9.40 Å². The van der Waals surface area contributed by atoms with Crippen LogP contribution < -0.4 is 5.32 Å². The average molecular weight is 387 g/mol. The average Bonchev–Trinajstić information content (AvgIpc) is 2.39. The lowest BCUT2D eigenvalue weighted by molar-refractivity contribution is -0.385. The van der Waals surface area contributed by atoms with Crippen LogP contribution in [0.1, 0.15) is 5.56 Å². The summed E-state index contributed by atoms with van der Waals surface area (Å²) in [5.74, 6) is 0.577. The van der Waals surface area contributed by atoms with Crippen LogP contribution in [0.25, 0.3) is 0 Å². The van der Waals surface area contributed by atoms with E-state index in [-0.39, 0.29) is 5.69 Å². The Balaban J connectivity index is 2.07. The molecular formula is C12H9Br2N3O2. The highest BCUT2D eigenvalue weighted by molar-refractivity contribution is 9.10. The third kappa shape index (κ3) is 3.74. The van der Waals surface area contributed by atoms with E-state index in [4.69, 9.17) is 0 Å². The Hall–Kier alpha value is -1.47. The lowest BCUT2D eigenvalue weighted by atomic mass is 10.2. The smallest absolute Gasteiger partial charge is 0.288 e. The molecule has 0 spiro atoms. The predicted molar refractivity (Wildman–Crippen MR) is 80.1 cm³/mol. The molecule has 0 aliphatic heterocycles. The molecule has 1 aromatic carbocycles. The monoisotopic (exact) mass is 385 g/mol. The first kappa shape index (κ1) is 14.0. The molecule has 1 N–H and O–H groups in total. The number of nitrogens with zero attached hydrogens (tertiary/aromatic N) is 2. The third-order valence-electron chi connectivity index (χ3n) is 2.41. The minimum absolute atomic E-state index is 0.0407. The minimum Gasteiger partial charge on any atom is -0.365 e. The van der Waals surface area contributed by atoms with Crippen LogP contribution in [0.2, 0.25) is 0 Å². The van der Waals surface area contributed by atoms with Gasteiger partial charge < -0.3 is 5.32 Å². The molecule has 2 rings (SSSR count). The van der Waals surface area contributed by atoms with E-state index in [0.717, 1.165) is 10.0 Å². The second-order valence-corrected chi connectivity index (χ2v) is 5.53. The molecule has 0 saturated heterocycles. The van der Waals surface area contributed by atoms with Crippen molar-refractivity contribution in [2.75, 3.05) is 5.32 Å². The number of benzene rings is 1. The molecule has 5 nitrogen and oxygen atoms in total. The summed E-state index contributed by atoms with van der Waals surface area (Å²) in [5.41, 5.74) is 1.05. The lowest BCUT2D eigenvalue weighted by Crippen LogP contribution is -2.02. The van der Waals surface area contributed by atoms with Gasteiger partial charge in [0.15, 0.2) is 0 Å². The van der Waals surface area contributed by atoms with Crippen molar-refractivity contribution < 1.29 is 4.92 Å². The van der Waals surface area contributed by atoms with Gasteiger partial charge in [0, 0.05) is 17.1 Å². The van der Waals surface area contributed by atoms with Crippen LogP contribution in [-0.4, -0.2) is 9.91 Å². The molecule has 0 saturated carbocycles. The van der Waals surface area contributed by atoms with Crippen LogP contribution in [0.15, 0.2) is 45.5 Å². The number of nitro groups is 1. The summed E-state index contributed by atoms with van der Waals surface area (Å²) in [6.45, 7) is 0.594. The van der Waals surface area contributed by atoms with Gasteiger partial charge >= 0.3 is 0 Å². The number of halogens is 2. The van der Waals surface area contributed by atoms with Crippen molar-refractivity contribution in [3.8, 4) is 0 Å². The fourth-order valence-electron chi connectivity index (χ4n) is 1.45. The zero-order chi connectivity index (χ0) is 13.8. The van der Waals surface area contributed by atoms with Crippen LogP contribution in [0.3, 0.4) is 0 Å². The summed E-state index contributed by atoms with van der Waals surface area (Å²) in [6, 6.07) is 9.30. The molecule has 0 fully saturated rings. The van der Waals surface area contributed by atoms with E-state index in [0.29, 0.717) is 16.8 Å². The molecule has 2 aromatic rings. The van der Waals surface area contributed by atoms with Gasteiger partial charge in [0.25, 0.3) is 5.69 Å². The van der Waals surface area contributed by atoms with Crippen LogP contribution >= 0.6 is 31.9 Å². The van der Waals surface area contributed by atoms with Gasteiger partial charge in [-0.2, -0.15) is 0 Å². The van der Waals surface area contributed by atoms with E-state index in [9.17, 15) is 10.1 Å². The lowest BCUT2D eigenvalue weighted by Gasteiger charge is -2.07. The van der Waals surface area contributed by atoms with Crippen molar-refractivity contribution in [2.45, 2.75) is 6.54 Å². The van der Waals surface area contributed by atoms with Crippen LogP contribution in [0.4, 0.5) is 11.5 Å². The minimum atomic E-state index is -0.476. The first-order valence-corrected chi connectivity index (χ1v) is 6.93. The molecule has 0 aliphatic rings. The Morgan fingerprint density at radius 3 is 2.53 bits per heavy atom. The van der Waals surface area contributed by atoms with Crippen LogP contribution in [0.5, 0.6) is 0 Å². The highest BCUT2D eigenvalue weighted by Gasteiger charge is 2.10. The second-order valence-electron chi connectivity index (χ2n) is 3.76. The molecule has 0 atom stereocenters. The normalized spacial score (nSPS) is 10.2. The first-order chi connectivity index (χ1) is 9.06. The Kier molecular flexibility index (Phi) is 4.49. The Morgan fingerprint density at radius 1 is 1.26 bits per heavy atom. The number of anilines is 1. The quantitative estimate of drug-likeness (QED) is 0.633. The zero-order valence-electron chi connectivity index (χ0n) is 9.64. The van der Waals surface area contributed by atoms with Crippen molar-refractivity contribution in [1.29, 1.82) is 0 Å². The zero-order valence-corrected chi connectivity index (χ0v) is 12.8. The molecule has 1 heterocycles. The Labute approximate surface area is 126 Å². The van der Waals surface area contributed by atoms with E-state index < -0.39 is 4.92 Å². The maximum absolute atomic E-state index is 10.6. The van der Waals surface area contributed by atoms with E-state index in [1.807, 2.05) is 24.3 Å². The van der Waals surface area contributed by atoms with Crippen molar-refractivity contribution >= 4 is 43.4 Å². The van der Waals surface area contributed by atoms with Crippen molar-refractivity contribution in [2.24, 2.45) is 0 Å². The third-order valence-corrected chi connectivity index (χ3v) is 3.54. The van der Waals surface area contributed by atoms with Gasteiger partial charge in [0.1, 0.15) is 12.0 Å². The number of aromatic nitrogens is 1. The molecule has 0 radical (unpaired) electrons. The molecule has 98 valence electrons. The highest BCUT2D eigenvalue weighted by Crippen LogP contribution is 2.24. The van der Waals surface area contributed by atoms with Gasteiger partial charge in [-0.25, -0.2) is 4.98 Å². The van der Waals surface area contributed by atoms with Gasteiger partial charge in [-0.15, -0.1) is 0 Å². The largest absolute Gasteiger partial charge is 0.365 e. The van der Waals surface area contributed by atoms with Crippen molar-refractivity contribution in [3.63, 3.8) is 0 Å². The van der Waals surface area contributed by atoms with E-state index in [1.165, 1.54) is 12.3 Å². The number of hydrogen-bond donors (Lipinski definition) is 1. The summed E-state index contributed by atoms with van der Waals surface area (Å²) in [6.07, 6.45) is 1.23. The summed E-state index contributed by atoms with van der Waals surface area (Å²) in [7, 11) is 0. The van der Waals surface area contributed by atoms with E-state index in [2.05, 4.69) is 42.2 Å².